The Balaban J connectivity index is 1.44. The monoisotopic (exact) mass is 413 g/mol. The van der Waals surface area contributed by atoms with Gasteiger partial charge in [0, 0.05) is 31.5 Å². The minimum Gasteiger partial charge on any atom is -0.333 e. The molecule has 6 nitrogen and oxygen atoms in total. The third-order valence-corrected chi connectivity index (χ3v) is 5.20. The molecule has 29 heavy (non-hydrogen) atoms. The number of carbonyl (C=O) groups excluding carboxylic acids is 1. The van der Waals surface area contributed by atoms with Gasteiger partial charge in [-0.05, 0) is 23.3 Å². The first-order valence-corrected chi connectivity index (χ1v) is 8.85. The third kappa shape index (κ3) is 3.50. The zero-order valence-corrected chi connectivity index (χ0v) is 15.0. The summed E-state index contributed by atoms with van der Waals surface area (Å²) in [6.07, 6.45) is -1.41. The zero-order valence-electron chi connectivity index (χ0n) is 15.0. The lowest BCUT2D eigenvalue weighted by Gasteiger charge is -2.29. The Hall–Kier alpha value is -2.82. The van der Waals surface area contributed by atoms with Gasteiger partial charge in [-0.2, -0.15) is 13.2 Å². The second-order valence-corrected chi connectivity index (χ2v) is 7.05. The minimum absolute atomic E-state index is 0.0501. The smallest absolute Gasteiger partial charge is 0.333 e. The lowest BCUT2D eigenvalue weighted by Crippen LogP contribution is -2.42. The molecule has 0 spiro atoms. The number of carbonyl (C=O) groups is 1. The average Bonchev–Trinajstić information content (AvgIpc) is 3.25. The number of amides is 1. The van der Waals surface area contributed by atoms with Gasteiger partial charge in [-0.1, -0.05) is 12.2 Å². The second kappa shape index (κ2) is 6.90. The highest BCUT2D eigenvalue weighted by Gasteiger charge is 2.40. The van der Waals surface area contributed by atoms with Crippen molar-refractivity contribution < 1.29 is 26.7 Å². The van der Waals surface area contributed by atoms with E-state index in [0.29, 0.717) is 11.1 Å². The van der Waals surface area contributed by atoms with E-state index in [9.17, 15) is 26.7 Å². The number of rotatable bonds is 3. The van der Waals surface area contributed by atoms with Crippen molar-refractivity contribution in [1.29, 1.82) is 0 Å². The molecule has 0 saturated heterocycles. The molecule has 1 amide bonds. The van der Waals surface area contributed by atoms with E-state index in [2.05, 4.69) is 10.2 Å². The molecule has 4 rings (SSSR count). The number of fused-ring (bicyclic) bond motifs is 2. The highest BCUT2D eigenvalue weighted by atomic mass is 19.4. The second-order valence-electron chi connectivity index (χ2n) is 7.05. The van der Waals surface area contributed by atoms with Crippen LogP contribution in [0.4, 0.5) is 22.0 Å². The maximum atomic E-state index is 13.6. The highest BCUT2D eigenvalue weighted by Crippen LogP contribution is 2.35. The van der Waals surface area contributed by atoms with Crippen LogP contribution in [0.15, 0.2) is 18.2 Å². The molecular formula is C18H16F5N5O. The molecular weight excluding hydrogens is 397 g/mol. The summed E-state index contributed by atoms with van der Waals surface area (Å²) < 4.78 is 66.6. The van der Waals surface area contributed by atoms with Crippen LogP contribution in [0.2, 0.25) is 0 Å². The normalized spacial score (nSPS) is 19.2. The van der Waals surface area contributed by atoms with Crippen LogP contribution in [0.25, 0.3) is 6.08 Å². The van der Waals surface area contributed by atoms with Gasteiger partial charge in [0.05, 0.1) is 6.54 Å². The molecule has 2 N–H and O–H groups in total. The molecule has 0 fully saturated rings. The first-order chi connectivity index (χ1) is 13.6. The van der Waals surface area contributed by atoms with Crippen molar-refractivity contribution in [3.8, 4) is 0 Å². The quantitative estimate of drug-likeness (QED) is 0.785. The molecule has 2 heterocycles. The van der Waals surface area contributed by atoms with Crippen LogP contribution < -0.4 is 5.73 Å². The Morgan fingerprint density at radius 2 is 1.93 bits per heavy atom. The van der Waals surface area contributed by atoms with Crippen LogP contribution >= 0.6 is 0 Å². The molecule has 1 aliphatic heterocycles. The number of halogens is 5. The number of nitrogens with two attached hydrogens (primary N) is 1. The minimum atomic E-state index is -4.61. The number of nitrogens with zero attached hydrogens (tertiary/aromatic N) is 4. The summed E-state index contributed by atoms with van der Waals surface area (Å²) in [6.45, 7) is -0.114. The van der Waals surface area contributed by atoms with Gasteiger partial charge in [0.2, 0.25) is 11.7 Å². The van der Waals surface area contributed by atoms with Crippen molar-refractivity contribution in [1.82, 2.24) is 19.7 Å². The standard InChI is InChI=1S/C18H16F5N5O/c19-12-5-9-1-2-10(11(9)6-13(12)20)14(24)7-16(29)27-3-4-28-15(8-27)25-26-17(28)18(21,22)23/h1-2,5-6,10,14H,3-4,7-8,24H2. The molecule has 154 valence electrons. The van der Waals surface area contributed by atoms with Gasteiger partial charge in [0.15, 0.2) is 17.5 Å². The van der Waals surface area contributed by atoms with Crippen LogP contribution in [-0.2, 0) is 24.1 Å². The molecule has 2 unspecified atom stereocenters. The van der Waals surface area contributed by atoms with Gasteiger partial charge in [0.1, 0.15) is 0 Å². The molecule has 11 heteroatoms. The van der Waals surface area contributed by atoms with Crippen LogP contribution in [-0.4, -0.2) is 38.2 Å². The van der Waals surface area contributed by atoms with E-state index >= 15 is 0 Å². The molecule has 1 aromatic heterocycles. The Labute approximate surface area is 161 Å². The van der Waals surface area contributed by atoms with E-state index in [1.54, 1.807) is 12.2 Å². The summed E-state index contributed by atoms with van der Waals surface area (Å²) in [7, 11) is 0. The highest BCUT2D eigenvalue weighted by molar-refractivity contribution is 5.77. The summed E-state index contributed by atoms with van der Waals surface area (Å²) in [6, 6.07) is 1.45. The number of hydrogen-bond acceptors (Lipinski definition) is 4. The van der Waals surface area contributed by atoms with Gasteiger partial charge in [-0.15, -0.1) is 10.2 Å². The lowest BCUT2D eigenvalue weighted by molar-refractivity contribution is -0.148. The molecule has 1 aromatic carbocycles. The Bertz CT molecular complexity index is 999. The molecule has 2 aliphatic rings. The predicted molar refractivity (Wildman–Crippen MR) is 91.2 cm³/mol. The van der Waals surface area contributed by atoms with Gasteiger partial charge >= 0.3 is 6.18 Å². The lowest BCUT2D eigenvalue weighted by atomic mass is 9.91. The number of aromatic nitrogens is 3. The van der Waals surface area contributed by atoms with E-state index < -0.39 is 35.6 Å². The molecule has 2 aromatic rings. The fourth-order valence-corrected chi connectivity index (χ4v) is 3.73. The zero-order chi connectivity index (χ0) is 20.9. The maximum absolute atomic E-state index is 13.6. The first-order valence-electron chi connectivity index (χ1n) is 8.85. The fourth-order valence-electron chi connectivity index (χ4n) is 3.73. The van der Waals surface area contributed by atoms with Gasteiger partial charge < -0.3 is 15.2 Å². The first kappa shape index (κ1) is 19.5. The van der Waals surface area contributed by atoms with Crippen LogP contribution in [0.3, 0.4) is 0 Å². The van der Waals surface area contributed by atoms with Gasteiger partial charge in [0.25, 0.3) is 0 Å². The van der Waals surface area contributed by atoms with Gasteiger partial charge in [-0.25, -0.2) is 8.78 Å². The Morgan fingerprint density at radius 1 is 1.21 bits per heavy atom. The van der Waals surface area contributed by atoms with Crippen molar-refractivity contribution in [3.05, 3.63) is 52.6 Å². The van der Waals surface area contributed by atoms with Crippen molar-refractivity contribution in [2.75, 3.05) is 6.54 Å². The number of alkyl halides is 3. The van der Waals surface area contributed by atoms with E-state index in [4.69, 9.17) is 5.73 Å². The summed E-state index contributed by atoms with van der Waals surface area (Å²) in [5.74, 6) is -3.81. The number of hydrogen-bond donors (Lipinski definition) is 1. The summed E-state index contributed by atoms with van der Waals surface area (Å²) in [5.41, 5.74) is 7.15. The fraction of sp³-hybridized carbons (Fsp3) is 0.389. The van der Waals surface area contributed by atoms with Crippen molar-refractivity contribution in [2.45, 2.75) is 37.6 Å². The summed E-state index contributed by atoms with van der Waals surface area (Å²) in [4.78, 5) is 14.0. The van der Waals surface area contributed by atoms with Gasteiger partial charge in [-0.3, -0.25) is 4.79 Å². The van der Waals surface area contributed by atoms with E-state index in [1.807, 2.05) is 0 Å². The molecule has 2 atom stereocenters. The SMILES string of the molecule is NC(CC(=O)N1CCn2c(nnc2C(F)(F)F)C1)C1C=Cc2cc(F)c(F)cc21. The summed E-state index contributed by atoms with van der Waals surface area (Å²) in [5, 5.41) is 6.72. The Morgan fingerprint density at radius 3 is 2.66 bits per heavy atom. The number of benzene rings is 1. The molecule has 0 radical (unpaired) electrons. The molecule has 0 bridgehead atoms. The van der Waals surface area contributed by atoms with Crippen molar-refractivity contribution in [2.24, 2.45) is 5.73 Å². The summed E-state index contributed by atoms with van der Waals surface area (Å²) >= 11 is 0. The van der Waals surface area contributed by atoms with Crippen LogP contribution in [0, 0.1) is 11.6 Å². The Kier molecular flexibility index (Phi) is 4.64. The van der Waals surface area contributed by atoms with Crippen molar-refractivity contribution in [3.63, 3.8) is 0 Å². The molecule has 1 aliphatic carbocycles. The van der Waals surface area contributed by atoms with E-state index in [0.717, 1.165) is 16.7 Å². The average molecular weight is 413 g/mol. The van der Waals surface area contributed by atoms with Crippen LogP contribution in [0.5, 0.6) is 0 Å². The van der Waals surface area contributed by atoms with E-state index in [-0.39, 0.29) is 37.8 Å². The topological polar surface area (TPSA) is 77.0 Å². The van der Waals surface area contributed by atoms with Crippen LogP contribution in [0.1, 0.15) is 35.1 Å². The largest absolute Gasteiger partial charge is 0.451 e. The molecule has 0 saturated carbocycles. The third-order valence-electron chi connectivity index (χ3n) is 5.20. The van der Waals surface area contributed by atoms with Crippen molar-refractivity contribution >= 4 is 12.0 Å². The maximum Gasteiger partial charge on any atom is 0.451 e. The van der Waals surface area contributed by atoms with E-state index in [1.165, 1.54) is 4.90 Å². The predicted octanol–water partition coefficient (Wildman–Crippen LogP) is 2.45.